The zero-order valence-electron chi connectivity index (χ0n) is 10.5. The molecule has 0 aliphatic rings. The highest BCUT2D eigenvalue weighted by Gasteiger charge is 2.09. The van der Waals surface area contributed by atoms with Crippen molar-refractivity contribution in [3.63, 3.8) is 0 Å². The van der Waals surface area contributed by atoms with Crippen LogP contribution in [0.25, 0.3) is 0 Å². The molecule has 1 rings (SSSR count). The highest BCUT2D eigenvalue weighted by atomic mass is 16.5. The minimum atomic E-state index is -0.617. The zero-order chi connectivity index (χ0) is 13.2. The number of hydrogen-bond acceptors (Lipinski definition) is 3. The first kappa shape index (κ1) is 14.6. The number of Topliss-reactive ketones (excluding diaryl/α,β-unsaturated/α-hetero) is 1. The number of aliphatic hydroxyl groups is 1. The molecule has 98 valence electrons. The van der Waals surface area contributed by atoms with Gasteiger partial charge in [0.15, 0.2) is 0 Å². The van der Waals surface area contributed by atoms with Crippen LogP contribution in [-0.2, 0) is 16.1 Å². The fourth-order valence-corrected chi connectivity index (χ4v) is 1.59. The van der Waals surface area contributed by atoms with Gasteiger partial charge in [0.2, 0.25) is 0 Å². The average molecular weight is 248 g/mol. The quantitative estimate of drug-likeness (QED) is 0.539. The van der Waals surface area contributed by atoms with Crippen molar-refractivity contribution in [1.29, 1.82) is 0 Å². The normalized spacial score (nSPS) is 12.1. The van der Waals surface area contributed by atoms with Crippen molar-refractivity contribution < 1.29 is 14.6 Å². The number of hydrogen-bond donors (Lipinski definition) is 1. The summed E-state index contributed by atoms with van der Waals surface area (Å²) in [6, 6.07) is 9.86. The van der Waals surface area contributed by atoms with Crippen LogP contribution in [0.3, 0.4) is 0 Å². The third-order valence-corrected chi connectivity index (χ3v) is 2.54. The van der Waals surface area contributed by atoms with Crippen LogP contribution in [0.5, 0.6) is 0 Å². The fourth-order valence-electron chi connectivity index (χ4n) is 1.59. The van der Waals surface area contributed by atoms with Crippen molar-refractivity contribution in [1.82, 2.24) is 0 Å². The molecule has 0 aliphatic carbocycles. The molecule has 3 nitrogen and oxygen atoms in total. The second kappa shape index (κ2) is 8.61. The minimum Gasteiger partial charge on any atom is -0.393 e. The lowest BCUT2D eigenvalue weighted by atomic mass is 10.1. The summed E-state index contributed by atoms with van der Waals surface area (Å²) >= 11 is 0. The van der Waals surface area contributed by atoms with E-state index in [1.165, 1.54) is 0 Å². The Labute approximate surface area is 108 Å². The molecule has 0 amide bonds. The second-order valence-electron chi connectivity index (χ2n) is 4.22. The van der Waals surface area contributed by atoms with E-state index in [-0.39, 0.29) is 12.2 Å². The van der Waals surface area contributed by atoms with Gasteiger partial charge in [-0.15, -0.1) is 6.58 Å². The summed E-state index contributed by atoms with van der Waals surface area (Å²) in [5, 5.41) is 9.61. The maximum atomic E-state index is 11.2. The van der Waals surface area contributed by atoms with Gasteiger partial charge in [-0.1, -0.05) is 36.4 Å². The van der Waals surface area contributed by atoms with Crippen molar-refractivity contribution >= 4 is 5.78 Å². The molecule has 1 N–H and O–H groups in total. The summed E-state index contributed by atoms with van der Waals surface area (Å²) in [4.78, 5) is 11.2. The van der Waals surface area contributed by atoms with Gasteiger partial charge in [-0.3, -0.25) is 4.79 Å². The number of ketones is 1. The molecule has 0 fully saturated rings. The van der Waals surface area contributed by atoms with Crippen LogP contribution in [-0.4, -0.2) is 23.6 Å². The predicted molar refractivity (Wildman–Crippen MR) is 71.2 cm³/mol. The number of benzene rings is 1. The summed E-state index contributed by atoms with van der Waals surface area (Å²) in [5.41, 5.74) is 1.11. The van der Waals surface area contributed by atoms with Gasteiger partial charge in [-0.05, 0) is 12.0 Å². The largest absolute Gasteiger partial charge is 0.393 e. The Morgan fingerprint density at radius 3 is 2.78 bits per heavy atom. The van der Waals surface area contributed by atoms with Crippen LogP contribution in [0.1, 0.15) is 24.8 Å². The molecule has 0 saturated carbocycles. The van der Waals surface area contributed by atoms with E-state index < -0.39 is 6.10 Å². The van der Waals surface area contributed by atoms with Crippen molar-refractivity contribution in [2.75, 3.05) is 6.61 Å². The number of carbonyl (C=O) groups excluding carboxylic acids is 1. The molecular weight excluding hydrogens is 228 g/mol. The third kappa shape index (κ3) is 6.33. The van der Waals surface area contributed by atoms with Crippen LogP contribution >= 0.6 is 0 Å². The third-order valence-electron chi connectivity index (χ3n) is 2.54. The Morgan fingerprint density at radius 1 is 1.39 bits per heavy atom. The molecule has 0 spiro atoms. The van der Waals surface area contributed by atoms with Gasteiger partial charge in [0.05, 0.1) is 12.7 Å². The number of rotatable bonds is 9. The topological polar surface area (TPSA) is 46.5 Å². The van der Waals surface area contributed by atoms with Crippen LogP contribution in [0.2, 0.25) is 0 Å². The maximum Gasteiger partial charge on any atom is 0.139 e. The SMILES string of the molecule is C=CCC(=O)CC(O)CCOCc1ccccc1. The lowest BCUT2D eigenvalue weighted by Gasteiger charge is -2.09. The summed E-state index contributed by atoms with van der Waals surface area (Å²) < 4.78 is 5.44. The first-order valence-electron chi connectivity index (χ1n) is 6.14. The van der Waals surface area contributed by atoms with E-state index >= 15 is 0 Å². The smallest absolute Gasteiger partial charge is 0.139 e. The van der Waals surface area contributed by atoms with Crippen molar-refractivity contribution in [2.24, 2.45) is 0 Å². The van der Waals surface area contributed by atoms with Gasteiger partial charge in [0.1, 0.15) is 5.78 Å². The van der Waals surface area contributed by atoms with Crippen LogP contribution in [0.4, 0.5) is 0 Å². The van der Waals surface area contributed by atoms with Crippen molar-refractivity contribution in [2.45, 2.75) is 32.0 Å². The fraction of sp³-hybridized carbons (Fsp3) is 0.400. The summed E-state index contributed by atoms with van der Waals surface area (Å²) in [6.07, 6.45) is 1.92. The molecule has 0 saturated heterocycles. The Balaban J connectivity index is 2.10. The number of allylic oxidation sites excluding steroid dienone is 1. The van der Waals surface area contributed by atoms with E-state index in [1.807, 2.05) is 30.3 Å². The van der Waals surface area contributed by atoms with E-state index in [2.05, 4.69) is 6.58 Å². The highest BCUT2D eigenvalue weighted by Crippen LogP contribution is 2.04. The molecule has 0 radical (unpaired) electrons. The molecule has 1 unspecified atom stereocenters. The van der Waals surface area contributed by atoms with Crippen LogP contribution in [0.15, 0.2) is 43.0 Å². The van der Waals surface area contributed by atoms with Crippen molar-refractivity contribution in [3.8, 4) is 0 Å². The summed E-state index contributed by atoms with van der Waals surface area (Å²) in [6.45, 7) is 4.48. The zero-order valence-corrected chi connectivity index (χ0v) is 10.5. The predicted octanol–water partition coefficient (Wildman–Crippen LogP) is 2.49. The molecule has 1 aromatic rings. The first-order valence-corrected chi connectivity index (χ1v) is 6.14. The second-order valence-corrected chi connectivity index (χ2v) is 4.22. The Hall–Kier alpha value is -1.45. The lowest BCUT2D eigenvalue weighted by molar-refractivity contribution is -0.120. The van der Waals surface area contributed by atoms with Crippen LogP contribution < -0.4 is 0 Å². The van der Waals surface area contributed by atoms with Gasteiger partial charge in [-0.2, -0.15) is 0 Å². The lowest BCUT2D eigenvalue weighted by Crippen LogP contribution is -2.15. The molecule has 0 aromatic heterocycles. The average Bonchev–Trinajstić information content (AvgIpc) is 2.36. The molecular formula is C15H20O3. The highest BCUT2D eigenvalue weighted by molar-refractivity contribution is 5.80. The number of carbonyl (C=O) groups is 1. The Bertz CT molecular complexity index is 359. The van der Waals surface area contributed by atoms with Gasteiger partial charge in [-0.25, -0.2) is 0 Å². The van der Waals surface area contributed by atoms with E-state index in [9.17, 15) is 9.90 Å². The summed E-state index contributed by atoms with van der Waals surface area (Å²) in [5.74, 6) is 0.0144. The molecule has 3 heteroatoms. The molecule has 0 heterocycles. The monoisotopic (exact) mass is 248 g/mol. The Kier molecular flexibility index (Phi) is 6.99. The van der Waals surface area contributed by atoms with Gasteiger partial charge >= 0.3 is 0 Å². The van der Waals surface area contributed by atoms with Gasteiger partial charge in [0.25, 0.3) is 0 Å². The van der Waals surface area contributed by atoms with Gasteiger partial charge < -0.3 is 9.84 Å². The van der Waals surface area contributed by atoms with E-state index in [4.69, 9.17) is 4.74 Å². The molecule has 18 heavy (non-hydrogen) atoms. The van der Waals surface area contributed by atoms with E-state index in [1.54, 1.807) is 6.08 Å². The maximum absolute atomic E-state index is 11.2. The first-order chi connectivity index (χ1) is 8.72. The number of ether oxygens (including phenoxy) is 1. The minimum absolute atomic E-state index is 0.0144. The summed E-state index contributed by atoms with van der Waals surface area (Å²) in [7, 11) is 0. The van der Waals surface area contributed by atoms with Crippen LogP contribution in [0, 0.1) is 0 Å². The molecule has 1 aromatic carbocycles. The van der Waals surface area contributed by atoms with E-state index in [0.717, 1.165) is 5.56 Å². The molecule has 0 bridgehead atoms. The van der Waals surface area contributed by atoms with Crippen molar-refractivity contribution in [3.05, 3.63) is 48.6 Å². The van der Waals surface area contributed by atoms with E-state index in [0.29, 0.717) is 26.1 Å². The molecule has 0 aliphatic heterocycles. The number of aliphatic hydroxyl groups excluding tert-OH is 1. The standard InChI is InChI=1S/C15H20O3/c1-2-6-14(16)11-15(17)9-10-18-12-13-7-4-3-5-8-13/h2-5,7-8,15,17H,1,6,9-12H2. The van der Waals surface area contributed by atoms with Gasteiger partial charge in [0, 0.05) is 19.4 Å². The molecule has 1 atom stereocenters. The Morgan fingerprint density at radius 2 is 2.11 bits per heavy atom.